The summed E-state index contributed by atoms with van der Waals surface area (Å²) in [5.41, 5.74) is 2.81. The van der Waals surface area contributed by atoms with Gasteiger partial charge in [0.05, 0.1) is 25.4 Å². The van der Waals surface area contributed by atoms with Crippen LogP contribution in [0.3, 0.4) is 0 Å². The maximum Gasteiger partial charge on any atom is 0.309 e. The summed E-state index contributed by atoms with van der Waals surface area (Å²) in [6.45, 7) is 0. The van der Waals surface area contributed by atoms with Crippen LogP contribution in [0.25, 0.3) is 0 Å². The molecule has 0 aliphatic heterocycles. The molecule has 5 nitrogen and oxygen atoms in total. The quantitative estimate of drug-likeness (QED) is 0.836. The fourth-order valence-corrected chi connectivity index (χ4v) is 1.60. The zero-order valence-corrected chi connectivity index (χ0v) is 10.4. The first-order chi connectivity index (χ1) is 8.67. The second-order valence-electron chi connectivity index (χ2n) is 3.98. The SMILES string of the molecule is COC(=O)Cc1ccc(Nc2cnn(C)c2)cc1. The molecule has 0 unspecified atom stereocenters. The average molecular weight is 245 g/mol. The number of esters is 1. The second kappa shape index (κ2) is 5.35. The van der Waals surface area contributed by atoms with Gasteiger partial charge in [0.15, 0.2) is 0 Å². The molecule has 2 rings (SSSR count). The van der Waals surface area contributed by atoms with E-state index in [-0.39, 0.29) is 5.97 Å². The van der Waals surface area contributed by atoms with Crippen molar-refractivity contribution < 1.29 is 9.53 Å². The van der Waals surface area contributed by atoms with Crippen molar-refractivity contribution in [2.45, 2.75) is 6.42 Å². The highest BCUT2D eigenvalue weighted by Crippen LogP contribution is 2.16. The van der Waals surface area contributed by atoms with E-state index in [1.54, 1.807) is 10.9 Å². The van der Waals surface area contributed by atoms with E-state index in [4.69, 9.17) is 0 Å². The van der Waals surface area contributed by atoms with Gasteiger partial charge in [0, 0.05) is 18.9 Å². The minimum absolute atomic E-state index is 0.233. The van der Waals surface area contributed by atoms with Crippen molar-refractivity contribution >= 4 is 17.3 Å². The molecule has 0 spiro atoms. The number of nitrogens with one attached hydrogen (secondary N) is 1. The van der Waals surface area contributed by atoms with Gasteiger partial charge < -0.3 is 10.1 Å². The number of anilines is 2. The third-order valence-corrected chi connectivity index (χ3v) is 2.52. The number of rotatable bonds is 4. The second-order valence-corrected chi connectivity index (χ2v) is 3.98. The lowest BCUT2D eigenvalue weighted by atomic mass is 10.1. The van der Waals surface area contributed by atoms with Crippen molar-refractivity contribution in [3.63, 3.8) is 0 Å². The van der Waals surface area contributed by atoms with Crippen LogP contribution in [-0.2, 0) is 23.0 Å². The highest BCUT2D eigenvalue weighted by atomic mass is 16.5. The fraction of sp³-hybridized carbons (Fsp3) is 0.231. The number of carbonyl (C=O) groups is 1. The molecule has 0 aliphatic rings. The number of ether oxygens (including phenoxy) is 1. The molecule has 0 amide bonds. The number of hydrogen-bond donors (Lipinski definition) is 1. The summed E-state index contributed by atoms with van der Waals surface area (Å²) in [5, 5.41) is 7.29. The van der Waals surface area contributed by atoms with Crippen LogP contribution in [0.15, 0.2) is 36.7 Å². The zero-order valence-electron chi connectivity index (χ0n) is 10.4. The summed E-state index contributed by atoms with van der Waals surface area (Å²) in [7, 11) is 3.26. The number of carbonyl (C=O) groups excluding carboxylic acids is 1. The molecule has 0 radical (unpaired) electrons. The van der Waals surface area contributed by atoms with Crippen molar-refractivity contribution in [2.24, 2.45) is 7.05 Å². The molecule has 0 aliphatic carbocycles. The lowest BCUT2D eigenvalue weighted by molar-refractivity contribution is -0.139. The molecule has 0 bridgehead atoms. The number of methoxy groups -OCH3 is 1. The maximum absolute atomic E-state index is 11.1. The number of aromatic nitrogens is 2. The van der Waals surface area contributed by atoms with Gasteiger partial charge in [-0.25, -0.2) is 0 Å². The minimum Gasteiger partial charge on any atom is -0.469 e. The molecule has 0 saturated carbocycles. The fourth-order valence-electron chi connectivity index (χ4n) is 1.60. The maximum atomic E-state index is 11.1. The Morgan fingerprint density at radius 2 is 2.06 bits per heavy atom. The Bertz CT molecular complexity index is 531. The number of aryl methyl sites for hydroxylation is 1. The van der Waals surface area contributed by atoms with Gasteiger partial charge >= 0.3 is 5.97 Å². The summed E-state index contributed by atoms with van der Waals surface area (Å²) >= 11 is 0. The largest absolute Gasteiger partial charge is 0.469 e. The molecular formula is C13H15N3O2. The van der Waals surface area contributed by atoms with E-state index in [9.17, 15) is 4.79 Å². The van der Waals surface area contributed by atoms with E-state index in [1.807, 2.05) is 37.5 Å². The van der Waals surface area contributed by atoms with Gasteiger partial charge in [-0.1, -0.05) is 12.1 Å². The Hall–Kier alpha value is -2.30. The highest BCUT2D eigenvalue weighted by molar-refractivity contribution is 5.72. The van der Waals surface area contributed by atoms with E-state index in [0.29, 0.717) is 6.42 Å². The van der Waals surface area contributed by atoms with Crippen LogP contribution in [0, 0.1) is 0 Å². The van der Waals surface area contributed by atoms with E-state index >= 15 is 0 Å². The molecule has 18 heavy (non-hydrogen) atoms. The third-order valence-electron chi connectivity index (χ3n) is 2.52. The Balaban J connectivity index is 2.01. The monoisotopic (exact) mass is 245 g/mol. The van der Waals surface area contributed by atoms with Gasteiger partial charge in [-0.3, -0.25) is 9.48 Å². The van der Waals surface area contributed by atoms with Gasteiger partial charge in [0.1, 0.15) is 0 Å². The van der Waals surface area contributed by atoms with Crippen molar-refractivity contribution in [1.29, 1.82) is 0 Å². The molecule has 1 aromatic heterocycles. The predicted octanol–water partition coefficient (Wildman–Crippen LogP) is 1.88. The normalized spacial score (nSPS) is 10.1. The zero-order chi connectivity index (χ0) is 13.0. The number of hydrogen-bond acceptors (Lipinski definition) is 4. The molecule has 1 aromatic carbocycles. The lowest BCUT2D eigenvalue weighted by Crippen LogP contribution is -2.04. The van der Waals surface area contributed by atoms with Crippen LogP contribution in [0.1, 0.15) is 5.56 Å². The van der Waals surface area contributed by atoms with Crippen molar-refractivity contribution in [1.82, 2.24) is 9.78 Å². The summed E-state index contributed by atoms with van der Waals surface area (Å²) in [6, 6.07) is 7.64. The standard InChI is InChI=1S/C13H15N3O2/c1-16-9-12(8-14-16)15-11-5-3-10(4-6-11)7-13(17)18-2/h3-6,8-9,15H,7H2,1-2H3. The van der Waals surface area contributed by atoms with Crippen LogP contribution in [-0.4, -0.2) is 22.9 Å². The molecule has 2 aromatic rings. The lowest BCUT2D eigenvalue weighted by Gasteiger charge is -2.05. The summed E-state index contributed by atoms with van der Waals surface area (Å²) in [5.74, 6) is -0.233. The van der Waals surface area contributed by atoms with Gasteiger partial charge in [-0.15, -0.1) is 0 Å². The topological polar surface area (TPSA) is 56.1 Å². The number of benzene rings is 1. The third kappa shape index (κ3) is 3.10. The smallest absolute Gasteiger partial charge is 0.309 e. The molecule has 5 heteroatoms. The van der Waals surface area contributed by atoms with Crippen LogP contribution in [0.2, 0.25) is 0 Å². The van der Waals surface area contributed by atoms with E-state index < -0.39 is 0 Å². The van der Waals surface area contributed by atoms with Crippen molar-refractivity contribution in [2.75, 3.05) is 12.4 Å². The van der Waals surface area contributed by atoms with Gasteiger partial charge in [-0.2, -0.15) is 5.10 Å². The Kier molecular flexibility index (Phi) is 3.62. The van der Waals surface area contributed by atoms with E-state index in [1.165, 1.54) is 7.11 Å². The first-order valence-corrected chi connectivity index (χ1v) is 5.59. The molecule has 1 N–H and O–H groups in total. The van der Waals surface area contributed by atoms with E-state index in [2.05, 4.69) is 15.2 Å². The van der Waals surface area contributed by atoms with E-state index in [0.717, 1.165) is 16.9 Å². The van der Waals surface area contributed by atoms with Gasteiger partial charge in [-0.05, 0) is 17.7 Å². The average Bonchev–Trinajstić information content (AvgIpc) is 2.77. The Morgan fingerprint density at radius 3 is 2.61 bits per heavy atom. The first kappa shape index (κ1) is 12.2. The van der Waals surface area contributed by atoms with Crippen LogP contribution >= 0.6 is 0 Å². The molecule has 0 fully saturated rings. The van der Waals surface area contributed by atoms with Crippen LogP contribution in [0.5, 0.6) is 0 Å². The van der Waals surface area contributed by atoms with Crippen molar-refractivity contribution in [3.8, 4) is 0 Å². The summed E-state index contributed by atoms with van der Waals surface area (Å²) in [4.78, 5) is 11.1. The first-order valence-electron chi connectivity index (χ1n) is 5.59. The molecule has 94 valence electrons. The molecule has 0 atom stereocenters. The number of nitrogens with zero attached hydrogens (tertiary/aromatic N) is 2. The predicted molar refractivity (Wildman–Crippen MR) is 68.7 cm³/mol. The molecule has 0 saturated heterocycles. The van der Waals surface area contributed by atoms with Crippen LogP contribution < -0.4 is 5.32 Å². The van der Waals surface area contributed by atoms with Gasteiger partial charge in [0.2, 0.25) is 0 Å². The van der Waals surface area contributed by atoms with Crippen molar-refractivity contribution in [3.05, 3.63) is 42.2 Å². The highest BCUT2D eigenvalue weighted by Gasteiger charge is 2.03. The van der Waals surface area contributed by atoms with Gasteiger partial charge in [0.25, 0.3) is 0 Å². The van der Waals surface area contributed by atoms with Crippen LogP contribution in [0.4, 0.5) is 11.4 Å². The molecule has 1 heterocycles. The Morgan fingerprint density at radius 1 is 1.33 bits per heavy atom. The molecular weight excluding hydrogens is 230 g/mol. The summed E-state index contributed by atoms with van der Waals surface area (Å²) in [6.07, 6.45) is 3.94. The summed E-state index contributed by atoms with van der Waals surface area (Å²) < 4.78 is 6.35. The Labute approximate surface area is 105 Å². The minimum atomic E-state index is -0.233.